The van der Waals surface area contributed by atoms with Crippen LogP contribution in [0.5, 0.6) is 0 Å². The minimum Gasteiger partial charge on any atom is -0.381 e. The van der Waals surface area contributed by atoms with Crippen LogP contribution < -0.4 is 11.1 Å². The second-order valence-corrected chi connectivity index (χ2v) is 9.28. The molecule has 0 aliphatic heterocycles. The van der Waals surface area contributed by atoms with Gasteiger partial charge in [-0.05, 0) is 47.8 Å². The van der Waals surface area contributed by atoms with E-state index in [4.69, 9.17) is 5.73 Å². The maximum absolute atomic E-state index is 13.4. The fraction of sp³-hybridized carbons (Fsp3) is 0.133. The molecule has 1 atom stereocenters. The summed E-state index contributed by atoms with van der Waals surface area (Å²) in [7, 11) is 1.88. The van der Waals surface area contributed by atoms with Crippen molar-refractivity contribution >= 4 is 22.9 Å². The quantitative estimate of drug-likeness (QED) is 0.368. The van der Waals surface area contributed by atoms with Crippen molar-refractivity contribution in [2.45, 2.75) is 19.4 Å². The lowest BCUT2D eigenvalue weighted by atomic mass is 9.92. The fourth-order valence-electron chi connectivity index (χ4n) is 5.01. The van der Waals surface area contributed by atoms with Gasteiger partial charge in [-0.3, -0.25) is 9.48 Å². The van der Waals surface area contributed by atoms with Gasteiger partial charge in [0.05, 0.1) is 11.8 Å². The number of aryl methyl sites for hydroxylation is 1. The van der Waals surface area contributed by atoms with Crippen LogP contribution in [0.4, 0.5) is 5.82 Å². The number of amides is 1. The number of carbonyl (C=O) groups excluding carboxylic acids is 1. The third-order valence-electron chi connectivity index (χ3n) is 6.73. The molecule has 186 valence electrons. The number of carbonyl (C=O) groups is 1. The van der Waals surface area contributed by atoms with Gasteiger partial charge in [-0.15, -0.1) is 5.10 Å². The van der Waals surface area contributed by atoms with Crippen molar-refractivity contribution in [3.8, 4) is 11.8 Å². The van der Waals surface area contributed by atoms with Crippen molar-refractivity contribution in [3.63, 3.8) is 0 Å². The van der Waals surface area contributed by atoms with Gasteiger partial charge in [0.1, 0.15) is 5.56 Å². The minimum atomic E-state index is -0.309. The molecular formula is C30H25N7O. The lowest BCUT2D eigenvalue weighted by molar-refractivity contribution is 0.0947. The number of aromatic nitrogens is 5. The van der Waals surface area contributed by atoms with E-state index < -0.39 is 0 Å². The first kappa shape index (κ1) is 23.3. The van der Waals surface area contributed by atoms with Gasteiger partial charge in [0, 0.05) is 42.8 Å². The smallest absolute Gasteiger partial charge is 0.259 e. The molecule has 0 bridgehead atoms. The predicted molar refractivity (Wildman–Crippen MR) is 146 cm³/mol. The van der Waals surface area contributed by atoms with E-state index in [9.17, 15) is 4.79 Å². The first-order valence-electron chi connectivity index (χ1n) is 12.3. The van der Waals surface area contributed by atoms with Crippen LogP contribution in [-0.2, 0) is 13.5 Å². The van der Waals surface area contributed by atoms with Gasteiger partial charge in [-0.2, -0.15) is 5.10 Å². The number of nitrogens with one attached hydrogen (secondary N) is 1. The van der Waals surface area contributed by atoms with Crippen LogP contribution in [0.2, 0.25) is 0 Å². The van der Waals surface area contributed by atoms with Crippen LogP contribution in [0.25, 0.3) is 11.2 Å². The van der Waals surface area contributed by atoms with Gasteiger partial charge in [0.15, 0.2) is 11.5 Å². The Morgan fingerprint density at radius 1 is 1.11 bits per heavy atom. The Labute approximate surface area is 219 Å². The molecule has 0 fully saturated rings. The van der Waals surface area contributed by atoms with Crippen LogP contribution in [0, 0.1) is 11.8 Å². The molecule has 2 aromatic carbocycles. The van der Waals surface area contributed by atoms with Crippen molar-refractivity contribution in [3.05, 3.63) is 118 Å². The predicted octanol–water partition coefficient (Wildman–Crippen LogP) is 3.62. The largest absolute Gasteiger partial charge is 0.381 e. The van der Waals surface area contributed by atoms with Gasteiger partial charge in [-0.25, -0.2) is 9.50 Å². The summed E-state index contributed by atoms with van der Waals surface area (Å²) >= 11 is 0. The number of fused-ring (bicyclic) bond motifs is 2. The zero-order valence-electron chi connectivity index (χ0n) is 21.0. The average molecular weight is 500 g/mol. The Balaban J connectivity index is 1.41. The van der Waals surface area contributed by atoms with E-state index >= 15 is 0 Å². The standard InChI is InChI=1S/C30H25N7O/c1-19(34-30(38)27-28(31)35-37-15-7-14-32-29(27)37)24-16-23-11-6-10-22(13-12-20-17-33-36(2)18-20)25(23)26(24)21-8-4-3-5-9-21/h3-11,14-15,17-19H,16H2,1-2H3,(H2,31,35)(H,34,38). The molecule has 0 saturated heterocycles. The molecule has 1 unspecified atom stereocenters. The van der Waals surface area contributed by atoms with Crippen LogP contribution in [0.15, 0.2) is 85.0 Å². The molecule has 8 nitrogen and oxygen atoms in total. The molecule has 38 heavy (non-hydrogen) atoms. The van der Waals surface area contributed by atoms with Gasteiger partial charge in [-0.1, -0.05) is 54.3 Å². The molecule has 0 spiro atoms. The number of hydrogen-bond acceptors (Lipinski definition) is 5. The van der Waals surface area contributed by atoms with E-state index in [1.165, 1.54) is 10.1 Å². The molecule has 0 saturated carbocycles. The maximum atomic E-state index is 13.4. The summed E-state index contributed by atoms with van der Waals surface area (Å²) in [4.78, 5) is 17.7. The number of rotatable bonds is 4. The Bertz CT molecular complexity index is 1780. The van der Waals surface area contributed by atoms with Crippen molar-refractivity contribution < 1.29 is 4.79 Å². The van der Waals surface area contributed by atoms with E-state index in [1.54, 1.807) is 29.3 Å². The van der Waals surface area contributed by atoms with E-state index in [0.717, 1.165) is 33.4 Å². The average Bonchev–Trinajstić information content (AvgIpc) is 3.62. The second-order valence-electron chi connectivity index (χ2n) is 9.28. The third kappa shape index (κ3) is 4.10. The summed E-state index contributed by atoms with van der Waals surface area (Å²) in [6, 6.07) is 17.9. The highest BCUT2D eigenvalue weighted by atomic mass is 16.1. The van der Waals surface area contributed by atoms with Crippen molar-refractivity contribution in [2.24, 2.45) is 7.05 Å². The fourth-order valence-corrected chi connectivity index (χ4v) is 5.01. The Morgan fingerprint density at radius 2 is 1.95 bits per heavy atom. The van der Waals surface area contributed by atoms with Crippen LogP contribution in [-0.4, -0.2) is 36.3 Å². The number of nitrogen functional groups attached to an aromatic ring is 1. The minimum absolute atomic E-state index is 0.147. The summed E-state index contributed by atoms with van der Waals surface area (Å²) in [5.41, 5.74) is 14.2. The van der Waals surface area contributed by atoms with Crippen LogP contribution in [0.1, 0.15) is 45.1 Å². The molecule has 1 aliphatic rings. The lowest BCUT2D eigenvalue weighted by Gasteiger charge is -2.18. The highest BCUT2D eigenvalue weighted by Crippen LogP contribution is 2.40. The molecule has 3 heterocycles. The second kappa shape index (κ2) is 9.37. The van der Waals surface area contributed by atoms with Gasteiger partial charge >= 0.3 is 0 Å². The van der Waals surface area contributed by atoms with E-state index in [1.807, 2.05) is 50.5 Å². The molecule has 5 aromatic rings. The molecule has 8 heteroatoms. The highest BCUT2D eigenvalue weighted by Gasteiger charge is 2.30. The highest BCUT2D eigenvalue weighted by molar-refractivity contribution is 6.04. The number of nitrogens with zero attached hydrogens (tertiary/aromatic N) is 5. The first-order valence-corrected chi connectivity index (χ1v) is 12.3. The monoisotopic (exact) mass is 499 g/mol. The van der Waals surface area contributed by atoms with E-state index in [0.29, 0.717) is 12.1 Å². The first-order chi connectivity index (χ1) is 18.5. The number of anilines is 1. The molecule has 6 rings (SSSR count). The molecule has 3 N–H and O–H groups in total. The molecule has 1 aliphatic carbocycles. The Hall–Kier alpha value is -5.16. The van der Waals surface area contributed by atoms with Gasteiger partial charge in [0.2, 0.25) is 0 Å². The van der Waals surface area contributed by atoms with Crippen molar-refractivity contribution in [1.29, 1.82) is 0 Å². The summed E-state index contributed by atoms with van der Waals surface area (Å²) in [5, 5.41) is 11.6. The summed E-state index contributed by atoms with van der Waals surface area (Å²) in [6.07, 6.45) is 7.69. The summed E-state index contributed by atoms with van der Waals surface area (Å²) < 4.78 is 3.26. The topological polar surface area (TPSA) is 103 Å². The van der Waals surface area contributed by atoms with Crippen molar-refractivity contribution in [1.82, 2.24) is 29.7 Å². The van der Waals surface area contributed by atoms with E-state index in [2.05, 4.69) is 50.5 Å². The number of nitrogens with two attached hydrogens (primary N) is 1. The third-order valence-corrected chi connectivity index (χ3v) is 6.73. The van der Waals surface area contributed by atoms with Crippen LogP contribution >= 0.6 is 0 Å². The maximum Gasteiger partial charge on any atom is 0.259 e. The zero-order chi connectivity index (χ0) is 26.2. The number of benzene rings is 2. The molecule has 1 amide bonds. The SMILES string of the molecule is CC(NC(=O)c1c(N)nn2cccnc12)C1=C(c2ccccc2)c2c(C#Cc3cnn(C)c3)cccc2C1. The summed E-state index contributed by atoms with van der Waals surface area (Å²) in [6.45, 7) is 2.00. The molecule has 3 aromatic heterocycles. The summed E-state index contributed by atoms with van der Waals surface area (Å²) in [5.74, 6) is 6.45. The Kier molecular flexibility index (Phi) is 5.74. The van der Waals surface area contributed by atoms with Gasteiger partial charge in [0.25, 0.3) is 5.91 Å². The molecule has 0 radical (unpaired) electrons. The lowest BCUT2D eigenvalue weighted by Crippen LogP contribution is -2.34. The molecular weight excluding hydrogens is 474 g/mol. The number of hydrogen-bond donors (Lipinski definition) is 2. The zero-order valence-corrected chi connectivity index (χ0v) is 21.0. The normalized spacial score (nSPS) is 13.2. The Morgan fingerprint density at radius 3 is 2.74 bits per heavy atom. The van der Waals surface area contributed by atoms with Crippen molar-refractivity contribution in [2.75, 3.05) is 5.73 Å². The van der Waals surface area contributed by atoms with Crippen LogP contribution in [0.3, 0.4) is 0 Å². The van der Waals surface area contributed by atoms with E-state index in [-0.39, 0.29) is 23.3 Å². The van der Waals surface area contributed by atoms with Gasteiger partial charge < -0.3 is 11.1 Å².